The minimum atomic E-state index is -4.50. The molecule has 2 heterocycles. The van der Waals surface area contributed by atoms with Gasteiger partial charge in [0.25, 0.3) is 0 Å². The number of alkyl halides is 3. The fourth-order valence-electron chi connectivity index (χ4n) is 1.76. The van der Waals surface area contributed by atoms with E-state index < -0.39 is 11.9 Å². The van der Waals surface area contributed by atoms with Crippen molar-refractivity contribution in [3.05, 3.63) is 28.8 Å². The molecule has 0 aliphatic rings. The number of hydrogen-bond donors (Lipinski definition) is 1. The van der Waals surface area contributed by atoms with Crippen LogP contribution in [-0.4, -0.2) is 42.1 Å². The molecule has 1 N–H and O–H groups in total. The zero-order valence-electron chi connectivity index (χ0n) is 12.5. The van der Waals surface area contributed by atoms with Crippen molar-refractivity contribution in [1.29, 1.82) is 0 Å². The molecule has 0 saturated heterocycles. The first-order valence-electron chi connectivity index (χ1n) is 6.67. The Hall–Kier alpha value is -1.67. The van der Waals surface area contributed by atoms with Crippen molar-refractivity contribution in [2.75, 3.05) is 32.5 Å². The summed E-state index contributed by atoms with van der Waals surface area (Å²) < 4.78 is 39.0. The Balaban J connectivity index is 2.32. The molecule has 0 aromatic carbocycles. The van der Waals surface area contributed by atoms with E-state index in [0.29, 0.717) is 18.0 Å². The summed E-state index contributed by atoms with van der Waals surface area (Å²) in [5.74, 6) is -0.00210. The van der Waals surface area contributed by atoms with Crippen molar-refractivity contribution in [2.45, 2.75) is 13.1 Å². The lowest BCUT2D eigenvalue weighted by Gasteiger charge is -2.13. The molecular formula is C14H17F3N4S. The van der Waals surface area contributed by atoms with Crippen LogP contribution in [0.1, 0.15) is 10.6 Å². The van der Waals surface area contributed by atoms with Gasteiger partial charge in [0.1, 0.15) is 0 Å². The van der Waals surface area contributed by atoms with Gasteiger partial charge in [0.2, 0.25) is 5.95 Å². The number of likely N-dealkylation sites (N-methyl/N-ethyl adjacent to an activating group) is 1. The molecular weight excluding hydrogens is 313 g/mol. The lowest BCUT2D eigenvalue weighted by Crippen LogP contribution is -2.22. The normalized spacial score (nSPS) is 12.0. The first-order valence-corrected chi connectivity index (χ1v) is 7.49. The largest absolute Gasteiger partial charge is 0.433 e. The van der Waals surface area contributed by atoms with E-state index >= 15 is 0 Å². The van der Waals surface area contributed by atoms with Crippen molar-refractivity contribution in [2.24, 2.45) is 0 Å². The third-order valence-electron chi connectivity index (χ3n) is 2.85. The zero-order valence-corrected chi connectivity index (χ0v) is 13.3. The topological polar surface area (TPSA) is 41.1 Å². The van der Waals surface area contributed by atoms with Gasteiger partial charge >= 0.3 is 6.18 Å². The first kappa shape index (κ1) is 16.7. The maximum absolute atomic E-state index is 13.0. The summed E-state index contributed by atoms with van der Waals surface area (Å²) in [6.07, 6.45) is -4.50. The lowest BCUT2D eigenvalue weighted by atomic mass is 10.2. The van der Waals surface area contributed by atoms with Gasteiger partial charge in [-0.3, -0.25) is 0 Å². The van der Waals surface area contributed by atoms with E-state index in [9.17, 15) is 13.2 Å². The molecule has 120 valence electrons. The molecule has 0 aliphatic carbocycles. The molecule has 0 saturated carbocycles. The van der Waals surface area contributed by atoms with Gasteiger partial charge in [0.15, 0.2) is 5.69 Å². The van der Waals surface area contributed by atoms with Crippen molar-refractivity contribution < 1.29 is 13.2 Å². The first-order chi connectivity index (χ1) is 10.3. The SMILES string of the molecule is Cc1ccc(-c2cc(C(F)(F)F)nc(NCCN(C)C)n2)s1. The lowest BCUT2D eigenvalue weighted by molar-refractivity contribution is -0.141. The van der Waals surface area contributed by atoms with Gasteiger partial charge in [-0.25, -0.2) is 9.97 Å². The van der Waals surface area contributed by atoms with E-state index in [1.807, 2.05) is 32.0 Å². The Kier molecular flexibility index (Phi) is 5.02. The molecule has 0 fully saturated rings. The fraction of sp³-hybridized carbons (Fsp3) is 0.429. The molecule has 0 bridgehead atoms. The van der Waals surface area contributed by atoms with Gasteiger partial charge in [0, 0.05) is 18.0 Å². The van der Waals surface area contributed by atoms with Crippen LogP contribution >= 0.6 is 11.3 Å². The number of halogens is 3. The van der Waals surface area contributed by atoms with Crippen LogP contribution in [0.25, 0.3) is 10.6 Å². The number of nitrogens with one attached hydrogen (secondary N) is 1. The second-order valence-corrected chi connectivity index (χ2v) is 6.39. The van der Waals surface area contributed by atoms with E-state index in [1.165, 1.54) is 11.3 Å². The molecule has 0 unspecified atom stereocenters. The predicted octanol–water partition coefficient (Wildman–Crippen LogP) is 3.51. The monoisotopic (exact) mass is 330 g/mol. The Labute approximate surface area is 131 Å². The maximum Gasteiger partial charge on any atom is 0.433 e. The highest BCUT2D eigenvalue weighted by molar-refractivity contribution is 7.15. The van der Waals surface area contributed by atoms with Crippen LogP contribution in [0.4, 0.5) is 19.1 Å². The van der Waals surface area contributed by atoms with E-state index in [0.717, 1.165) is 10.9 Å². The zero-order chi connectivity index (χ0) is 16.3. The van der Waals surface area contributed by atoms with Gasteiger partial charge in [0.05, 0.1) is 10.6 Å². The number of hydrogen-bond acceptors (Lipinski definition) is 5. The molecule has 4 nitrogen and oxygen atoms in total. The molecule has 22 heavy (non-hydrogen) atoms. The highest BCUT2D eigenvalue weighted by Crippen LogP contribution is 2.33. The van der Waals surface area contributed by atoms with Crippen LogP contribution in [0, 0.1) is 6.92 Å². The summed E-state index contributed by atoms with van der Waals surface area (Å²) in [6, 6.07) is 4.61. The summed E-state index contributed by atoms with van der Waals surface area (Å²) in [5.41, 5.74) is -0.649. The molecule has 0 amide bonds. The number of thiophene rings is 1. The van der Waals surface area contributed by atoms with Crippen LogP contribution in [0.2, 0.25) is 0 Å². The van der Waals surface area contributed by atoms with Gasteiger partial charge in [-0.1, -0.05) is 0 Å². The summed E-state index contributed by atoms with van der Waals surface area (Å²) in [5, 5.41) is 2.85. The summed E-state index contributed by atoms with van der Waals surface area (Å²) in [4.78, 5) is 11.4. The van der Waals surface area contributed by atoms with Crippen LogP contribution in [0.5, 0.6) is 0 Å². The quantitative estimate of drug-likeness (QED) is 0.911. The van der Waals surface area contributed by atoms with Gasteiger partial charge in [-0.15, -0.1) is 11.3 Å². The van der Waals surface area contributed by atoms with Crippen molar-refractivity contribution in [1.82, 2.24) is 14.9 Å². The second kappa shape index (κ2) is 6.62. The average Bonchev–Trinajstić information content (AvgIpc) is 2.84. The standard InChI is InChI=1S/C14H17F3N4S/c1-9-4-5-11(22-9)10-8-12(14(15,16)17)20-13(19-10)18-6-7-21(2)3/h4-5,8H,6-7H2,1-3H3,(H,18,19,20). The minimum absolute atomic E-state index is 0.00210. The molecule has 0 atom stereocenters. The molecule has 2 aromatic rings. The second-order valence-electron chi connectivity index (χ2n) is 5.10. The van der Waals surface area contributed by atoms with Crippen molar-refractivity contribution >= 4 is 17.3 Å². The summed E-state index contributed by atoms with van der Waals surface area (Å²) in [7, 11) is 3.77. The third-order valence-corrected chi connectivity index (χ3v) is 3.87. The van der Waals surface area contributed by atoms with Gasteiger partial charge in [-0.2, -0.15) is 13.2 Å². The third kappa shape index (κ3) is 4.41. The Morgan fingerprint density at radius 3 is 2.50 bits per heavy atom. The Bertz CT molecular complexity index is 637. The van der Waals surface area contributed by atoms with Crippen LogP contribution in [0.3, 0.4) is 0 Å². The molecule has 0 radical (unpaired) electrons. The van der Waals surface area contributed by atoms with Crippen LogP contribution in [0.15, 0.2) is 18.2 Å². The minimum Gasteiger partial charge on any atom is -0.353 e. The number of rotatable bonds is 5. The van der Waals surface area contributed by atoms with Crippen LogP contribution in [-0.2, 0) is 6.18 Å². The smallest absolute Gasteiger partial charge is 0.353 e. The van der Waals surface area contributed by atoms with Crippen molar-refractivity contribution in [3.8, 4) is 10.6 Å². The van der Waals surface area contributed by atoms with Crippen molar-refractivity contribution in [3.63, 3.8) is 0 Å². The number of anilines is 1. The highest BCUT2D eigenvalue weighted by atomic mass is 32.1. The van der Waals surface area contributed by atoms with Gasteiger partial charge in [-0.05, 0) is 39.2 Å². The summed E-state index contributed by atoms with van der Waals surface area (Å²) >= 11 is 1.40. The van der Waals surface area contributed by atoms with E-state index in [-0.39, 0.29) is 11.6 Å². The fourth-order valence-corrected chi connectivity index (χ4v) is 2.59. The molecule has 2 rings (SSSR count). The van der Waals surface area contributed by atoms with E-state index in [4.69, 9.17) is 0 Å². The maximum atomic E-state index is 13.0. The van der Waals surface area contributed by atoms with Gasteiger partial charge < -0.3 is 10.2 Å². The number of nitrogens with zero attached hydrogens (tertiary/aromatic N) is 3. The molecule has 8 heteroatoms. The average molecular weight is 330 g/mol. The molecule has 0 spiro atoms. The molecule has 0 aliphatic heterocycles. The van der Waals surface area contributed by atoms with E-state index in [1.54, 1.807) is 6.07 Å². The number of aromatic nitrogens is 2. The molecule has 2 aromatic heterocycles. The Morgan fingerprint density at radius 2 is 1.95 bits per heavy atom. The van der Waals surface area contributed by atoms with E-state index in [2.05, 4.69) is 15.3 Å². The van der Waals surface area contributed by atoms with Crippen LogP contribution < -0.4 is 5.32 Å². The number of aryl methyl sites for hydroxylation is 1. The summed E-state index contributed by atoms with van der Waals surface area (Å²) in [6.45, 7) is 3.04. The highest BCUT2D eigenvalue weighted by Gasteiger charge is 2.34. The predicted molar refractivity (Wildman–Crippen MR) is 82.1 cm³/mol. The Morgan fingerprint density at radius 1 is 1.23 bits per heavy atom.